The lowest BCUT2D eigenvalue weighted by molar-refractivity contribution is 0.198. The summed E-state index contributed by atoms with van der Waals surface area (Å²) in [4.78, 5) is 24.7. The Morgan fingerprint density at radius 1 is 1.22 bits per heavy atom. The van der Waals surface area contributed by atoms with E-state index in [1.807, 2.05) is 6.20 Å². The average Bonchev–Trinajstić information content (AvgIpc) is 3.32. The number of anilines is 1. The summed E-state index contributed by atoms with van der Waals surface area (Å²) in [5.74, 6) is 1.08. The fourth-order valence-corrected chi connectivity index (χ4v) is 4.39. The Balaban J connectivity index is 1.49. The number of hydrogen-bond donors (Lipinski definition) is 1. The van der Waals surface area contributed by atoms with Crippen LogP contribution in [0.2, 0.25) is 0 Å². The highest BCUT2D eigenvalue weighted by Crippen LogP contribution is 2.27. The number of H-pyrrole nitrogens is 1. The monoisotopic (exact) mass is 370 g/mol. The van der Waals surface area contributed by atoms with Crippen LogP contribution in [0.25, 0.3) is 0 Å². The van der Waals surface area contributed by atoms with E-state index < -0.39 is 0 Å². The second-order valence-electron chi connectivity index (χ2n) is 7.83. The summed E-state index contributed by atoms with van der Waals surface area (Å²) in [7, 11) is 0. The van der Waals surface area contributed by atoms with Crippen LogP contribution in [0, 0.1) is 6.92 Å². The molecule has 2 aliphatic rings. The van der Waals surface area contributed by atoms with Crippen molar-refractivity contribution in [2.45, 2.75) is 58.5 Å². The third kappa shape index (κ3) is 3.93. The number of likely N-dealkylation sites (tertiary alicyclic amines) is 1. The molecule has 0 saturated carbocycles. The molecule has 2 fully saturated rings. The maximum atomic E-state index is 12.2. The summed E-state index contributed by atoms with van der Waals surface area (Å²) >= 11 is 0. The number of piperidine rings is 1. The molecule has 0 amide bonds. The highest BCUT2D eigenvalue weighted by molar-refractivity contribution is 5.32. The van der Waals surface area contributed by atoms with E-state index in [-0.39, 0.29) is 5.56 Å². The van der Waals surface area contributed by atoms with Gasteiger partial charge in [-0.1, -0.05) is 0 Å². The standard InChI is InChI=1S/C20H30N6O/c1-3-26-15(2)17(12-21-26)14-24-8-6-7-16(13-24)18-11-19(27)23-20(22-18)25-9-4-5-10-25/h11-12,16H,3-10,13-14H2,1-2H3,(H,22,23,27). The molecule has 2 saturated heterocycles. The van der Waals surface area contributed by atoms with Crippen molar-refractivity contribution in [1.29, 1.82) is 0 Å². The maximum absolute atomic E-state index is 12.2. The van der Waals surface area contributed by atoms with Crippen LogP contribution in [0.3, 0.4) is 0 Å². The van der Waals surface area contributed by atoms with Crippen molar-refractivity contribution in [2.24, 2.45) is 0 Å². The Hall–Kier alpha value is -2.15. The van der Waals surface area contributed by atoms with Crippen molar-refractivity contribution in [3.8, 4) is 0 Å². The molecule has 0 bridgehead atoms. The van der Waals surface area contributed by atoms with E-state index in [1.54, 1.807) is 6.07 Å². The number of aromatic nitrogens is 4. The first-order valence-electron chi connectivity index (χ1n) is 10.2. The molecular formula is C20H30N6O. The quantitative estimate of drug-likeness (QED) is 0.874. The van der Waals surface area contributed by atoms with Crippen LogP contribution in [-0.2, 0) is 13.1 Å². The number of nitrogens with zero attached hydrogens (tertiary/aromatic N) is 5. The minimum absolute atomic E-state index is 0.0286. The summed E-state index contributed by atoms with van der Waals surface area (Å²) in [6.07, 6.45) is 6.59. The number of nitrogens with one attached hydrogen (secondary N) is 1. The molecule has 146 valence electrons. The molecule has 0 aromatic carbocycles. The first kappa shape index (κ1) is 18.2. The van der Waals surface area contributed by atoms with Gasteiger partial charge in [0.2, 0.25) is 5.95 Å². The Morgan fingerprint density at radius 2 is 2.04 bits per heavy atom. The van der Waals surface area contributed by atoms with Crippen LogP contribution in [0.5, 0.6) is 0 Å². The second kappa shape index (κ2) is 7.84. The third-order valence-corrected chi connectivity index (χ3v) is 5.98. The zero-order valence-electron chi connectivity index (χ0n) is 16.4. The van der Waals surface area contributed by atoms with Crippen LogP contribution >= 0.6 is 0 Å². The molecule has 2 aromatic heterocycles. The van der Waals surface area contributed by atoms with Crippen LogP contribution < -0.4 is 10.5 Å². The van der Waals surface area contributed by atoms with Gasteiger partial charge in [0.1, 0.15) is 0 Å². The van der Waals surface area contributed by atoms with Crippen molar-refractivity contribution in [1.82, 2.24) is 24.6 Å². The van der Waals surface area contributed by atoms with Crippen molar-refractivity contribution in [2.75, 3.05) is 31.1 Å². The normalized spacial score (nSPS) is 21.1. The number of aromatic amines is 1. The fraction of sp³-hybridized carbons (Fsp3) is 0.650. The topological polar surface area (TPSA) is 70.1 Å². The molecule has 2 aliphatic heterocycles. The molecule has 2 aromatic rings. The van der Waals surface area contributed by atoms with Crippen molar-refractivity contribution in [3.05, 3.63) is 39.6 Å². The zero-order chi connectivity index (χ0) is 18.8. The second-order valence-corrected chi connectivity index (χ2v) is 7.83. The highest BCUT2D eigenvalue weighted by Gasteiger charge is 2.25. The molecule has 1 N–H and O–H groups in total. The minimum Gasteiger partial charge on any atom is -0.342 e. The summed E-state index contributed by atoms with van der Waals surface area (Å²) < 4.78 is 2.05. The number of aryl methyl sites for hydroxylation is 1. The highest BCUT2D eigenvalue weighted by atomic mass is 16.1. The number of rotatable bonds is 5. The van der Waals surface area contributed by atoms with Gasteiger partial charge >= 0.3 is 0 Å². The van der Waals surface area contributed by atoms with Gasteiger partial charge in [-0.2, -0.15) is 5.10 Å². The molecule has 7 nitrogen and oxygen atoms in total. The van der Waals surface area contributed by atoms with E-state index >= 15 is 0 Å². The lowest BCUT2D eigenvalue weighted by Crippen LogP contribution is -2.35. The Morgan fingerprint density at radius 3 is 2.78 bits per heavy atom. The summed E-state index contributed by atoms with van der Waals surface area (Å²) in [6.45, 7) is 10.1. The van der Waals surface area contributed by atoms with E-state index in [0.717, 1.165) is 63.8 Å². The Bertz CT molecular complexity index is 835. The first-order valence-corrected chi connectivity index (χ1v) is 10.2. The van der Waals surface area contributed by atoms with Gasteiger partial charge in [-0.25, -0.2) is 4.98 Å². The molecule has 4 heterocycles. The molecule has 27 heavy (non-hydrogen) atoms. The van der Waals surface area contributed by atoms with Crippen molar-refractivity contribution >= 4 is 5.95 Å². The van der Waals surface area contributed by atoms with Gasteiger partial charge in [0.05, 0.1) is 11.9 Å². The van der Waals surface area contributed by atoms with Gasteiger partial charge < -0.3 is 4.90 Å². The third-order valence-electron chi connectivity index (χ3n) is 5.98. The predicted molar refractivity (Wildman–Crippen MR) is 106 cm³/mol. The van der Waals surface area contributed by atoms with E-state index in [1.165, 1.54) is 24.1 Å². The molecule has 0 aliphatic carbocycles. The summed E-state index contributed by atoms with van der Waals surface area (Å²) in [5, 5.41) is 4.47. The Labute approximate surface area is 160 Å². The van der Waals surface area contributed by atoms with E-state index in [4.69, 9.17) is 4.98 Å². The Kier molecular flexibility index (Phi) is 5.29. The predicted octanol–water partition coefficient (Wildman–Crippen LogP) is 2.27. The van der Waals surface area contributed by atoms with E-state index in [0.29, 0.717) is 5.92 Å². The molecule has 1 atom stereocenters. The van der Waals surface area contributed by atoms with E-state index in [9.17, 15) is 4.79 Å². The first-order chi connectivity index (χ1) is 13.1. The molecule has 0 spiro atoms. The zero-order valence-corrected chi connectivity index (χ0v) is 16.4. The van der Waals surface area contributed by atoms with Crippen molar-refractivity contribution in [3.63, 3.8) is 0 Å². The van der Waals surface area contributed by atoms with Gasteiger partial charge in [0.25, 0.3) is 5.56 Å². The van der Waals surface area contributed by atoms with Gasteiger partial charge in [-0.15, -0.1) is 0 Å². The largest absolute Gasteiger partial charge is 0.342 e. The smallest absolute Gasteiger partial charge is 0.252 e. The maximum Gasteiger partial charge on any atom is 0.252 e. The SMILES string of the molecule is CCn1ncc(CN2CCCC(c3cc(=O)[nH]c(N4CCCC4)n3)C2)c1C. The lowest BCUT2D eigenvalue weighted by atomic mass is 9.94. The van der Waals surface area contributed by atoms with Gasteiger partial charge in [0, 0.05) is 56.0 Å². The lowest BCUT2D eigenvalue weighted by Gasteiger charge is -2.32. The van der Waals surface area contributed by atoms with E-state index in [2.05, 4.69) is 38.4 Å². The van der Waals surface area contributed by atoms with Gasteiger partial charge in [0.15, 0.2) is 0 Å². The van der Waals surface area contributed by atoms with Crippen LogP contribution in [0.15, 0.2) is 17.1 Å². The number of hydrogen-bond acceptors (Lipinski definition) is 5. The average molecular weight is 371 g/mol. The molecular weight excluding hydrogens is 340 g/mol. The molecule has 7 heteroatoms. The summed E-state index contributed by atoms with van der Waals surface area (Å²) in [6, 6.07) is 1.70. The van der Waals surface area contributed by atoms with Crippen LogP contribution in [0.4, 0.5) is 5.95 Å². The van der Waals surface area contributed by atoms with Crippen LogP contribution in [-0.4, -0.2) is 50.8 Å². The van der Waals surface area contributed by atoms with Crippen LogP contribution in [0.1, 0.15) is 55.5 Å². The summed E-state index contributed by atoms with van der Waals surface area (Å²) in [5.41, 5.74) is 3.48. The van der Waals surface area contributed by atoms with Gasteiger partial charge in [-0.3, -0.25) is 19.4 Å². The van der Waals surface area contributed by atoms with Gasteiger partial charge in [-0.05, 0) is 46.1 Å². The molecule has 4 rings (SSSR count). The fourth-order valence-electron chi connectivity index (χ4n) is 4.39. The molecule has 1 unspecified atom stereocenters. The minimum atomic E-state index is -0.0286. The molecule has 0 radical (unpaired) electrons. The van der Waals surface area contributed by atoms with Crippen molar-refractivity contribution < 1.29 is 0 Å².